The number of aromatic nitrogens is 5. The third-order valence-corrected chi connectivity index (χ3v) is 4.52. The maximum atomic E-state index is 11.8. The molecule has 4 rings (SSSR count). The highest BCUT2D eigenvalue weighted by atomic mass is 16.1. The Bertz CT molecular complexity index is 1050. The number of hydrogen-bond acceptors (Lipinski definition) is 4. The first-order valence-corrected chi connectivity index (χ1v) is 8.83. The number of rotatable bonds is 6. The minimum absolute atomic E-state index is 0.117. The molecule has 0 saturated heterocycles. The molecule has 0 saturated carbocycles. The van der Waals surface area contributed by atoms with Crippen LogP contribution in [0.5, 0.6) is 0 Å². The lowest BCUT2D eigenvalue weighted by molar-refractivity contribution is -0.119. The van der Waals surface area contributed by atoms with Crippen molar-refractivity contribution >= 4 is 16.8 Å². The van der Waals surface area contributed by atoms with Crippen molar-refractivity contribution in [3.63, 3.8) is 0 Å². The number of benzene rings is 2. The fourth-order valence-electron chi connectivity index (χ4n) is 3.30. The summed E-state index contributed by atoms with van der Waals surface area (Å²) in [5.41, 5.74) is 3.27. The van der Waals surface area contributed by atoms with Crippen LogP contribution < -0.4 is 5.32 Å². The second-order valence-corrected chi connectivity index (χ2v) is 6.50. The van der Waals surface area contributed by atoms with E-state index >= 15 is 0 Å². The first kappa shape index (κ1) is 17.0. The fourth-order valence-corrected chi connectivity index (χ4v) is 3.30. The Morgan fingerprint density at radius 3 is 2.74 bits per heavy atom. The first-order chi connectivity index (χ1) is 13.2. The Balaban J connectivity index is 1.65. The molecule has 0 aliphatic heterocycles. The van der Waals surface area contributed by atoms with Crippen molar-refractivity contribution in [1.29, 1.82) is 0 Å². The topological polar surface area (TPSA) is 88.5 Å². The number of nitrogens with one attached hydrogen (secondary N) is 2. The van der Waals surface area contributed by atoms with Gasteiger partial charge in [0.1, 0.15) is 0 Å². The van der Waals surface area contributed by atoms with Crippen LogP contribution in [0.15, 0.2) is 60.8 Å². The van der Waals surface area contributed by atoms with Crippen molar-refractivity contribution in [2.75, 3.05) is 0 Å². The van der Waals surface area contributed by atoms with Gasteiger partial charge in [0, 0.05) is 30.4 Å². The predicted octanol–water partition coefficient (Wildman–Crippen LogP) is 2.62. The van der Waals surface area contributed by atoms with Gasteiger partial charge in [0.15, 0.2) is 5.82 Å². The van der Waals surface area contributed by atoms with E-state index in [1.54, 1.807) is 4.68 Å². The number of H-pyrrole nitrogens is 1. The van der Waals surface area contributed by atoms with Crippen molar-refractivity contribution in [1.82, 2.24) is 30.5 Å². The zero-order chi connectivity index (χ0) is 18.6. The van der Waals surface area contributed by atoms with Crippen LogP contribution in [0.25, 0.3) is 10.9 Å². The summed E-state index contributed by atoms with van der Waals surface area (Å²) in [6.07, 6.45) is 2.57. The highest BCUT2D eigenvalue weighted by Crippen LogP contribution is 2.23. The van der Waals surface area contributed by atoms with E-state index in [2.05, 4.69) is 31.9 Å². The van der Waals surface area contributed by atoms with Crippen LogP contribution in [0.4, 0.5) is 0 Å². The van der Waals surface area contributed by atoms with Gasteiger partial charge in [-0.2, -0.15) is 0 Å². The normalized spacial score (nSPS) is 12.2. The molecule has 4 aromatic rings. The van der Waals surface area contributed by atoms with Crippen molar-refractivity contribution in [2.24, 2.45) is 0 Å². The largest absolute Gasteiger partial charge is 0.361 e. The summed E-state index contributed by atoms with van der Waals surface area (Å²) in [6, 6.07) is 17.8. The van der Waals surface area contributed by atoms with E-state index in [0.717, 1.165) is 22.0 Å². The van der Waals surface area contributed by atoms with Crippen LogP contribution in [0.1, 0.15) is 29.9 Å². The molecule has 0 aliphatic rings. The fraction of sp³-hybridized carbons (Fsp3) is 0.200. The summed E-state index contributed by atoms with van der Waals surface area (Å²) in [5.74, 6) is 0.522. The molecule has 1 unspecified atom stereocenters. The summed E-state index contributed by atoms with van der Waals surface area (Å²) in [4.78, 5) is 15.1. The highest BCUT2D eigenvalue weighted by Gasteiger charge is 2.22. The van der Waals surface area contributed by atoms with Crippen LogP contribution >= 0.6 is 0 Å². The summed E-state index contributed by atoms with van der Waals surface area (Å²) in [7, 11) is 0. The Morgan fingerprint density at radius 2 is 1.93 bits per heavy atom. The molecule has 136 valence electrons. The van der Waals surface area contributed by atoms with Crippen LogP contribution in [0.3, 0.4) is 0 Å². The van der Waals surface area contributed by atoms with E-state index in [-0.39, 0.29) is 11.9 Å². The molecule has 2 aromatic carbocycles. The number of nitrogens with zero attached hydrogens (tertiary/aromatic N) is 4. The quantitative estimate of drug-likeness (QED) is 0.553. The zero-order valence-corrected chi connectivity index (χ0v) is 15.0. The van der Waals surface area contributed by atoms with E-state index in [0.29, 0.717) is 18.8 Å². The molecule has 0 fully saturated rings. The molecule has 2 N–H and O–H groups in total. The van der Waals surface area contributed by atoms with Gasteiger partial charge in [-0.05, 0) is 27.6 Å². The summed E-state index contributed by atoms with van der Waals surface area (Å²) < 4.78 is 1.74. The SMILES string of the molecule is CC(=O)NC(Cc1c[nH]c2ccccc12)c1nnnn1Cc1ccccc1. The van der Waals surface area contributed by atoms with E-state index in [1.165, 1.54) is 6.92 Å². The standard InChI is InChI=1S/C20H20N6O/c1-14(27)22-19(11-16-12-21-18-10-6-5-9-17(16)18)20-23-24-25-26(20)13-15-7-3-2-4-8-15/h2-10,12,19,21H,11,13H2,1H3,(H,22,27). The molecule has 7 nitrogen and oxygen atoms in total. The van der Waals surface area contributed by atoms with Crippen molar-refractivity contribution in [3.8, 4) is 0 Å². The number of para-hydroxylation sites is 1. The first-order valence-electron chi connectivity index (χ1n) is 8.83. The van der Waals surface area contributed by atoms with E-state index in [9.17, 15) is 4.79 Å². The molecule has 0 spiro atoms. The number of aromatic amines is 1. The minimum Gasteiger partial charge on any atom is -0.361 e. The molecule has 1 amide bonds. The smallest absolute Gasteiger partial charge is 0.217 e. The minimum atomic E-state index is -0.319. The van der Waals surface area contributed by atoms with Crippen LogP contribution in [0.2, 0.25) is 0 Å². The average Bonchev–Trinajstić information content (AvgIpc) is 3.29. The molecule has 0 aliphatic carbocycles. The maximum absolute atomic E-state index is 11.8. The van der Waals surface area contributed by atoms with Gasteiger partial charge in [-0.3, -0.25) is 4.79 Å². The second kappa shape index (κ2) is 7.41. The Morgan fingerprint density at radius 1 is 1.15 bits per heavy atom. The van der Waals surface area contributed by atoms with Gasteiger partial charge in [-0.25, -0.2) is 4.68 Å². The number of carbonyl (C=O) groups is 1. The van der Waals surface area contributed by atoms with Gasteiger partial charge >= 0.3 is 0 Å². The molecule has 0 bridgehead atoms. The lowest BCUT2D eigenvalue weighted by atomic mass is 10.0. The predicted molar refractivity (Wildman–Crippen MR) is 102 cm³/mol. The van der Waals surface area contributed by atoms with E-state index in [1.807, 2.05) is 54.7 Å². The van der Waals surface area contributed by atoms with E-state index < -0.39 is 0 Å². The van der Waals surface area contributed by atoms with Gasteiger partial charge in [0.25, 0.3) is 0 Å². The number of tetrazole rings is 1. The summed E-state index contributed by atoms with van der Waals surface area (Å²) in [6.45, 7) is 2.06. The molecule has 2 aromatic heterocycles. The summed E-state index contributed by atoms with van der Waals surface area (Å²) >= 11 is 0. The van der Waals surface area contributed by atoms with Gasteiger partial charge in [0.2, 0.25) is 5.91 Å². The molecular weight excluding hydrogens is 340 g/mol. The second-order valence-electron chi connectivity index (χ2n) is 6.50. The molecular formula is C20H20N6O. The lowest BCUT2D eigenvalue weighted by Gasteiger charge is -2.17. The third kappa shape index (κ3) is 3.72. The molecule has 1 atom stereocenters. The number of carbonyl (C=O) groups excluding carboxylic acids is 1. The average molecular weight is 360 g/mol. The van der Waals surface area contributed by atoms with E-state index in [4.69, 9.17) is 0 Å². The van der Waals surface area contributed by atoms with Gasteiger partial charge < -0.3 is 10.3 Å². The monoisotopic (exact) mass is 360 g/mol. The number of hydrogen-bond donors (Lipinski definition) is 2. The molecule has 2 heterocycles. The van der Waals surface area contributed by atoms with Gasteiger partial charge in [-0.15, -0.1) is 5.10 Å². The molecule has 0 radical (unpaired) electrons. The van der Waals surface area contributed by atoms with Crippen LogP contribution in [0, 0.1) is 0 Å². The number of amides is 1. The highest BCUT2D eigenvalue weighted by molar-refractivity contribution is 5.83. The van der Waals surface area contributed by atoms with Crippen LogP contribution in [-0.4, -0.2) is 31.1 Å². The van der Waals surface area contributed by atoms with Crippen molar-refractivity contribution < 1.29 is 4.79 Å². The van der Waals surface area contributed by atoms with Gasteiger partial charge in [-0.1, -0.05) is 48.5 Å². The summed E-state index contributed by atoms with van der Waals surface area (Å²) in [5, 5.41) is 16.3. The Hall–Kier alpha value is -3.48. The van der Waals surface area contributed by atoms with Crippen molar-refractivity contribution in [3.05, 3.63) is 77.7 Å². The van der Waals surface area contributed by atoms with Crippen LogP contribution in [-0.2, 0) is 17.8 Å². The Kier molecular flexibility index (Phi) is 4.65. The number of fused-ring (bicyclic) bond motifs is 1. The molecule has 27 heavy (non-hydrogen) atoms. The zero-order valence-electron chi connectivity index (χ0n) is 15.0. The maximum Gasteiger partial charge on any atom is 0.217 e. The molecule has 7 heteroatoms. The third-order valence-electron chi connectivity index (χ3n) is 4.52. The lowest BCUT2D eigenvalue weighted by Crippen LogP contribution is -2.30. The Labute approximate surface area is 156 Å². The van der Waals surface area contributed by atoms with Crippen molar-refractivity contribution in [2.45, 2.75) is 25.9 Å². The van der Waals surface area contributed by atoms with Gasteiger partial charge in [0.05, 0.1) is 12.6 Å².